The fourth-order valence-electron chi connectivity index (χ4n) is 2.06. The molecule has 0 aromatic heterocycles. The van der Waals surface area contributed by atoms with Gasteiger partial charge in [0.25, 0.3) is 0 Å². The Morgan fingerprint density at radius 1 is 1.47 bits per heavy atom. The van der Waals surface area contributed by atoms with Crippen LogP contribution in [0.25, 0.3) is 0 Å². The first kappa shape index (κ1) is 13.9. The van der Waals surface area contributed by atoms with Crippen LogP contribution in [0.4, 0.5) is 5.69 Å². The average Bonchev–Trinajstić information content (AvgIpc) is 2.38. The van der Waals surface area contributed by atoms with Gasteiger partial charge in [0, 0.05) is 17.2 Å². The Hall–Kier alpha value is -1.49. The highest BCUT2D eigenvalue weighted by atomic mass is 35.5. The van der Waals surface area contributed by atoms with Crippen LogP contribution < -0.4 is 9.47 Å². The Labute approximate surface area is 116 Å². The summed E-state index contributed by atoms with van der Waals surface area (Å²) in [5.41, 5.74) is -0.275. The predicted molar refractivity (Wildman–Crippen MR) is 72.1 cm³/mol. The number of rotatable bonds is 4. The molecule has 0 heterocycles. The van der Waals surface area contributed by atoms with Gasteiger partial charge in [-0.2, -0.15) is 0 Å². The van der Waals surface area contributed by atoms with Gasteiger partial charge >= 0.3 is 5.69 Å². The van der Waals surface area contributed by atoms with E-state index < -0.39 is 4.92 Å². The Kier molecular flexibility index (Phi) is 3.58. The van der Waals surface area contributed by atoms with E-state index in [1.54, 1.807) is 12.1 Å². The zero-order chi connectivity index (χ0) is 14.2. The number of alkyl halides is 1. The van der Waals surface area contributed by atoms with Gasteiger partial charge < -0.3 is 9.47 Å². The molecule has 1 aliphatic carbocycles. The van der Waals surface area contributed by atoms with Crippen LogP contribution >= 0.6 is 11.6 Å². The van der Waals surface area contributed by atoms with Gasteiger partial charge in [-0.1, -0.05) is 13.8 Å². The van der Waals surface area contributed by atoms with E-state index >= 15 is 0 Å². The molecule has 0 aliphatic heterocycles. The second kappa shape index (κ2) is 4.89. The molecule has 5 nitrogen and oxygen atoms in total. The fraction of sp³-hybridized carbons (Fsp3) is 0.538. The Morgan fingerprint density at radius 3 is 2.63 bits per heavy atom. The molecule has 2 atom stereocenters. The Balaban J connectivity index is 2.23. The van der Waals surface area contributed by atoms with E-state index in [0.717, 1.165) is 0 Å². The third kappa shape index (κ3) is 2.47. The van der Waals surface area contributed by atoms with Crippen LogP contribution in [-0.4, -0.2) is 23.5 Å². The topological polar surface area (TPSA) is 61.6 Å². The Bertz CT molecular complexity index is 503. The number of benzene rings is 1. The predicted octanol–water partition coefficient (Wildman–Crippen LogP) is 3.39. The molecule has 0 amide bonds. The van der Waals surface area contributed by atoms with Crippen LogP contribution in [0.3, 0.4) is 0 Å². The number of ether oxygens (including phenoxy) is 2. The first-order chi connectivity index (χ1) is 8.86. The number of methoxy groups -OCH3 is 1. The maximum Gasteiger partial charge on any atom is 0.314 e. The van der Waals surface area contributed by atoms with E-state index in [4.69, 9.17) is 21.1 Å². The number of nitro benzene ring substituents is 1. The van der Waals surface area contributed by atoms with Gasteiger partial charge in [0.1, 0.15) is 11.9 Å². The minimum absolute atomic E-state index is 0.0369. The standard InChI is InChI=1S/C13H16ClNO4/c1-13(2)11(14)7-12(13)19-10-5-4-8(18-3)6-9(10)15(16)17/h4-6,11-12H,7H2,1-3H3. The molecule has 2 rings (SSSR count). The highest BCUT2D eigenvalue weighted by Crippen LogP contribution is 2.47. The summed E-state index contributed by atoms with van der Waals surface area (Å²) >= 11 is 6.12. The average molecular weight is 286 g/mol. The largest absolute Gasteiger partial charge is 0.496 e. The van der Waals surface area contributed by atoms with Crippen molar-refractivity contribution < 1.29 is 14.4 Å². The van der Waals surface area contributed by atoms with Gasteiger partial charge in [0.2, 0.25) is 0 Å². The molecule has 0 N–H and O–H groups in total. The molecule has 0 radical (unpaired) electrons. The minimum Gasteiger partial charge on any atom is -0.496 e. The van der Waals surface area contributed by atoms with Crippen molar-refractivity contribution in [1.82, 2.24) is 0 Å². The zero-order valence-electron chi connectivity index (χ0n) is 11.1. The first-order valence-corrected chi connectivity index (χ1v) is 6.43. The maximum absolute atomic E-state index is 11.0. The van der Waals surface area contributed by atoms with E-state index in [1.165, 1.54) is 13.2 Å². The van der Waals surface area contributed by atoms with Crippen molar-refractivity contribution >= 4 is 17.3 Å². The minimum atomic E-state index is -0.471. The van der Waals surface area contributed by atoms with Crippen molar-refractivity contribution in [1.29, 1.82) is 0 Å². The lowest BCUT2D eigenvalue weighted by atomic mass is 9.68. The van der Waals surface area contributed by atoms with Crippen molar-refractivity contribution in [2.45, 2.75) is 31.7 Å². The van der Waals surface area contributed by atoms with E-state index in [2.05, 4.69) is 0 Å². The molecule has 2 unspecified atom stereocenters. The van der Waals surface area contributed by atoms with Gasteiger partial charge in [-0.05, 0) is 12.1 Å². The molecule has 19 heavy (non-hydrogen) atoms. The lowest BCUT2D eigenvalue weighted by Crippen LogP contribution is -2.53. The second-order valence-corrected chi connectivity index (χ2v) is 5.75. The van der Waals surface area contributed by atoms with Gasteiger partial charge in [-0.15, -0.1) is 11.6 Å². The Morgan fingerprint density at radius 2 is 2.16 bits per heavy atom. The van der Waals surface area contributed by atoms with Crippen molar-refractivity contribution in [2.24, 2.45) is 5.41 Å². The monoisotopic (exact) mass is 285 g/mol. The fourth-order valence-corrected chi connectivity index (χ4v) is 2.36. The highest BCUT2D eigenvalue weighted by molar-refractivity contribution is 6.21. The van der Waals surface area contributed by atoms with Crippen LogP contribution in [0.1, 0.15) is 20.3 Å². The normalized spacial score (nSPS) is 24.4. The van der Waals surface area contributed by atoms with Gasteiger partial charge in [-0.25, -0.2) is 0 Å². The third-order valence-corrected chi connectivity index (χ3v) is 4.43. The van der Waals surface area contributed by atoms with Gasteiger partial charge in [0.15, 0.2) is 5.75 Å². The van der Waals surface area contributed by atoms with E-state index in [-0.39, 0.29) is 28.3 Å². The smallest absolute Gasteiger partial charge is 0.314 e. The highest BCUT2D eigenvalue weighted by Gasteiger charge is 2.49. The number of hydrogen-bond donors (Lipinski definition) is 0. The summed E-state index contributed by atoms with van der Waals surface area (Å²) in [6.07, 6.45) is 0.583. The molecule has 1 aromatic rings. The van der Waals surface area contributed by atoms with E-state index in [0.29, 0.717) is 12.2 Å². The molecular weight excluding hydrogens is 270 g/mol. The lowest BCUT2D eigenvalue weighted by Gasteiger charge is -2.48. The quantitative estimate of drug-likeness (QED) is 0.483. The molecule has 1 aliphatic rings. The summed E-state index contributed by atoms with van der Waals surface area (Å²) in [7, 11) is 1.47. The molecule has 0 saturated heterocycles. The number of nitro groups is 1. The van der Waals surface area contributed by atoms with Crippen molar-refractivity contribution in [3.8, 4) is 11.5 Å². The molecule has 1 aromatic carbocycles. The van der Waals surface area contributed by atoms with Crippen LogP contribution in [0, 0.1) is 15.5 Å². The van der Waals surface area contributed by atoms with Crippen molar-refractivity contribution in [3.63, 3.8) is 0 Å². The lowest BCUT2D eigenvalue weighted by molar-refractivity contribution is -0.386. The first-order valence-electron chi connectivity index (χ1n) is 5.99. The van der Waals surface area contributed by atoms with Crippen LogP contribution in [0.5, 0.6) is 11.5 Å². The summed E-state index contributed by atoms with van der Waals surface area (Å²) < 4.78 is 10.7. The summed E-state index contributed by atoms with van der Waals surface area (Å²) in [5.74, 6) is 0.689. The van der Waals surface area contributed by atoms with Crippen LogP contribution in [0.2, 0.25) is 0 Å². The summed E-state index contributed by atoms with van der Waals surface area (Å²) in [6.45, 7) is 3.99. The molecule has 1 fully saturated rings. The molecule has 0 spiro atoms. The zero-order valence-corrected chi connectivity index (χ0v) is 11.8. The number of nitrogens with zero attached hydrogens (tertiary/aromatic N) is 1. The van der Waals surface area contributed by atoms with Crippen LogP contribution in [0.15, 0.2) is 18.2 Å². The van der Waals surface area contributed by atoms with E-state index in [1.807, 2.05) is 13.8 Å². The molecule has 104 valence electrons. The number of hydrogen-bond acceptors (Lipinski definition) is 4. The van der Waals surface area contributed by atoms with Crippen molar-refractivity contribution in [3.05, 3.63) is 28.3 Å². The summed E-state index contributed by atoms with van der Waals surface area (Å²) in [5, 5.41) is 11.1. The molecule has 6 heteroatoms. The van der Waals surface area contributed by atoms with Crippen molar-refractivity contribution in [2.75, 3.05) is 7.11 Å². The molecule has 0 bridgehead atoms. The van der Waals surface area contributed by atoms with Crippen LogP contribution in [-0.2, 0) is 0 Å². The molecular formula is C13H16ClNO4. The SMILES string of the molecule is COc1ccc(OC2CC(Cl)C2(C)C)c([N+](=O)[O-])c1. The van der Waals surface area contributed by atoms with Gasteiger partial charge in [-0.3, -0.25) is 10.1 Å². The van der Waals surface area contributed by atoms with E-state index in [9.17, 15) is 10.1 Å². The second-order valence-electron chi connectivity index (χ2n) is 5.22. The maximum atomic E-state index is 11.0. The number of halogens is 1. The molecule has 1 saturated carbocycles. The summed E-state index contributed by atoms with van der Waals surface area (Å²) in [4.78, 5) is 10.6. The van der Waals surface area contributed by atoms with Gasteiger partial charge in [0.05, 0.1) is 18.1 Å². The summed E-state index contributed by atoms with van der Waals surface area (Å²) in [6, 6.07) is 4.57. The third-order valence-electron chi connectivity index (χ3n) is 3.69.